The minimum Gasteiger partial charge on any atom is -0.469 e. The number of hydrogen-bond donors (Lipinski definition) is 2. The van der Waals surface area contributed by atoms with Gasteiger partial charge in [0, 0.05) is 39.3 Å². The number of piperazine rings is 1. The standard InChI is InChI=1S/C13H24N4O4/c1-3-14-13(20)15-11(18)10-17-8-6-16(7-9-17)5-4-12(19)21-2/h3-10H2,1-2H3,(H2,14,15,18,20). The molecule has 0 saturated carbocycles. The van der Waals surface area contributed by atoms with Gasteiger partial charge in [0.2, 0.25) is 5.91 Å². The number of hydrogen-bond acceptors (Lipinski definition) is 6. The van der Waals surface area contributed by atoms with Crippen LogP contribution in [0.15, 0.2) is 0 Å². The van der Waals surface area contributed by atoms with Crippen LogP contribution in [0.5, 0.6) is 0 Å². The maximum Gasteiger partial charge on any atom is 0.321 e. The summed E-state index contributed by atoms with van der Waals surface area (Å²) in [6.07, 6.45) is 0.383. The number of ether oxygens (including phenoxy) is 1. The average molecular weight is 300 g/mol. The largest absolute Gasteiger partial charge is 0.469 e. The topological polar surface area (TPSA) is 91.0 Å². The van der Waals surface area contributed by atoms with Crippen molar-refractivity contribution < 1.29 is 19.1 Å². The molecule has 1 rings (SSSR count). The van der Waals surface area contributed by atoms with Crippen molar-refractivity contribution in [3.63, 3.8) is 0 Å². The Bertz CT molecular complexity index is 367. The van der Waals surface area contributed by atoms with E-state index >= 15 is 0 Å². The number of rotatable bonds is 6. The number of urea groups is 1. The van der Waals surface area contributed by atoms with E-state index in [4.69, 9.17) is 0 Å². The molecular weight excluding hydrogens is 276 g/mol. The van der Waals surface area contributed by atoms with E-state index in [2.05, 4.69) is 20.3 Å². The molecule has 3 amide bonds. The Labute approximate surface area is 124 Å². The van der Waals surface area contributed by atoms with Gasteiger partial charge in [-0.05, 0) is 6.92 Å². The lowest BCUT2D eigenvalue weighted by Gasteiger charge is -2.33. The molecule has 2 N–H and O–H groups in total. The fraction of sp³-hybridized carbons (Fsp3) is 0.769. The van der Waals surface area contributed by atoms with E-state index in [1.54, 1.807) is 6.92 Å². The normalized spacial score (nSPS) is 16.3. The highest BCUT2D eigenvalue weighted by molar-refractivity contribution is 5.95. The second kappa shape index (κ2) is 9.30. The third-order valence-corrected chi connectivity index (χ3v) is 3.28. The summed E-state index contributed by atoms with van der Waals surface area (Å²) in [6.45, 7) is 6.23. The quantitative estimate of drug-likeness (QED) is 0.612. The van der Waals surface area contributed by atoms with Crippen molar-refractivity contribution in [2.24, 2.45) is 0 Å². The number of carbonyl (C=O) groups is 3. The lowest BCUT2D eigenvalue weighted by Crippen LogP contribution is -2.51. The minimum atomic E-state index is -0.459. The van der Waals surface area contributed by atoms with Crippen LogP contribution in [0.2, 0.25) is 0 Å². The Morgan fingerprint density at radius 2 is 1.71 bits per heavy atom. The van der Waals surface area contributed by atoms with E-state index in [1.807, 2.05) is 4.90 Å². The molecule has 0 bridgehead atoms. The Morgan fingerprint density at radius 1 is 1.10 bits per heavy atom. The van der Waals surface area contributed by atoms with Crippen molar-refractivity contribution in [1.82, 2.24) is 20.4 Å². The van der Waals surface area contributed by atoms with Crippen LogP contribution in [0, 0.1) is 0 Å². The lowest BCUT2D eigenvalue weighted by atomic mass is 10.3. The maximum atomic E-state index is 11.6. The summed E-state index contributed by atoms with van der Waals surface area (Å²) < 4.78 is 4.61. The second-order valence-corrected chi connectivity index (χ2v) is 4.85. The van der Waals surface area contributed by atoms with Gasteiger partial charge >= 0.3 is 12.0 Å². The number of nitrogens with one attached hydrogen (secondary N) is 2. The third kappa shape index (κ3) is 7.05. The number of imide groups is 1. The van der Waals surface area contributed by atoms with Crippen molar-refractivity contribution in [2.75, 3.05) is 52.9 Å². The zero-order valence-corrected chi connectivity index (χ0v) is 12.7. The molecule has 1 aliphatic heterocycles. The molecule has 0 aromatic rings. The summed E-state index contributed by atoms with van der Waals surface area (Å²) in [7, 11) is 1.38. The second-order valence-electron chi connectivity index (χ2n) is 4.85. The average Bonchev–Trinajstić information content (AvgIpc) is 2.46. The molecule has 0 aromatic carbocycles. The molecule has 1 fully saturated rings. The summed E-state index contributed by atoms with van der Waals surface area (Å²) in [5.74, 6) is -0.511. The summed E-state index contributed by atoms with van der Waals surface area (Å²) in [6, 6.07) is -0.459. The van der Waals surface area contributed by atoms with E-state index in [9.17, 15) is 14.4 Å². The van der Waals surface area contributed by atoms with E-state index < -0.39 is 6.03 Å². The smallest absolute Gasteiger partial charge is 0.321 e. The molecule has 21 heavy (non-hydrogen) atoms. The van der Waals surface area contributed by atoms with Crippen molar-refractivity contribution in [1.29, 1.82) is 0 Å². The van der Waals surface area contributed by atoms with E-state index in [0.29, 0.717) is 19.5 Å². The fourth-order valence-corrected chi connectivity index (χ4v) is 2.10. The molecule has 120 valence electrons. The molecular formula is C13H24N4O4. The Kier molecular flexibility index (Phi) is 7.70. The zero-order valence-electron chi connectivity index (χ0n) is 12.7. The van der Waals surface area contributed by atoms with Crippen LogP contribution in [-0.4, -0.2) is 80.6 Å². The molecule has 0 aliphatic carbocycles. The van der Waals surface area contributed by atoms with Crippen molar-refractivity contribution in [3.8, 4) is 0 Å². The van der Waals surface area contributed by atoms with Crippen LogP contribution in [0.3, 0.4) is 0 Å². The number of carbonyl (C=O) groups excluding carboxylic acids is 3. The molecule has 1 saturated heterocycles. The highest BCUT2D eigenvalue weighted by Gasteiger charge is 2.20. The minimum absolute atomic E-state index is 0.209. The zero-order chi connectivity index (χ0) is 15.7. The van der Waals surface area contributed by atoms with Crippen molar-refractivity contribution >= 4 is 17.9 Å². The van der Waals surface area contributed by atoms with Gasteiger partial charge < -0.3 is 15.0 Å². The Morgan fingerprint density at radius 3 is 2.29 bits per heavy atom. The van der Waals surface area contributed by atoms with Gasteiger partial charge in [-0.25, -0.2) is 4.79 Å². The van der Waals surface area contributed by atoms with Crippen LogP contribution in [0.1, 0.15) is 13.3 Å². The van der Waals surface area contributed by atoms with Gasteiger partial charge in [0.05, 0.1) is 20.1 Å². The highest BCUT2D eigenvalue weighted by atomic mass is 16.5. The first kappa shape index (κ1) is 17.4. The highest BCUT2D eigenvalue weighted by Crippen LogP contribution is 2.02. The van der Waals surface area contributed by atoms with Crippen LogP contribution in [0.4, 0.5) is 4.79 Å². The number of nitrogens with zero attached hydrogens (tertiary/aromatic N) is 2. The van der Waals surface area contributed by atoms with Crippen LogP contribution in [0.25, 0.3) is 0 Å². The molecule has 0 unspecified atom stereocenters. The predicted molar refractivity (Wildman–Crippen MR) is 76.7 cm³/mol. The van der Waals surface area contributed by atoms with Gasteiger partial charge in [0.1, 0.15) is 0 Å². The maximum absolute atomic E-state index is 11.6. The van der Waals surface area contributed by atoms with Crippen molar-refractivity contribution in [2.45, 2.75) is 13.3 Å². The molecule has 8 nitrogen and oxygen atoms in total. The molecule has 1 aliphatic rings. The number of amides is 3. The van der Waals surface area contributed by atoms with Crippen LogP contribution >= 0.6 is 0 Å². The number of esters is 1. The number of methoxy groups -OCH3 is 1. The monoisotopic (exact) mass is 300 g/mol. The van der Waals surface area contributed by atoms with Crippen molar-refractivity contribution in [3.05, 3.63) is 0 Å². The first-order valence-electron chi connectivity index (χ1n) is 7.14. The van der Waals surface area contributed by atoms with Gasteiger partial charge in [-0.15, -0.1) is 0 Å². The van der Waals surface area contributed by atoms with Gasteiger partial charge in [-0.2, -0.15) is 0 Å². The molecule has 0 atom stereocenters. The van der Waals surface area contributed by atoms with E-state index in [-0.39, 0.29) is 18.4 Å². The molecule has 0 aromatic heterocycles. The van der Waals surface area contributed by atoms with E-state index in [0.717, 1.165) is 26.2 Å². The molecule has 0 radical (unpaired) electrons. The lowest BCUT2D eigenvalue weighted by molar-refractivity contribution is -0.141. The van der Waals surface area contributed by atoms with Crippen LogP contribution < -0.4 is 10.6 Å². The van der Waals surface area contributed by atoms with Gasteiger partial charge in [-0.3, -0.25) is 19.8 Å². The van der Waals surface area contributed by atoms with Crippen LogP contribution in [-0.2, 0) is 14.3 Å². The van der Waals surface area contributed by atoms with Gasteiger partial charge in [0.15, 0.2) is 0 Å². The SMILES string of the molecule is CCNC(=O)NC(=O)CN1CCN(CCC(=O)OC)CC1. The van der Waals surface area contributed by atoms with E-state index in [1.165, 1.54) is 7.11 Å². The summed E-state index contributed by atoms with van der Waals surface area (Å²) in [4.78, 5) is 38.1. The first-order valence-corrected chi connectivity index (χ1v) is 7.14. The predicted octanol–water partition coefficient (Wildman–Crippen LogP) is -0.987. The molecule has 1 heterocycles. The fourth-order valence-electron chi connectivity index (χ4n) is 2.10. The Hall–Kier alpha value is -1.67. The molecule has 8 heteroatoms. The Balaban J connectivity index is 2.19. The molecule has 0 spiro atoms. The van der Waals surface area contributed by atoms with Gasteiger partial charge in [0.25, 0.3) is 0 Å². The summed E-state index contributed by atoms with van der Waals surface area (Å²) in [5.41, 5.74) is 0. The summed E-state index contributed by atoms with van der Waals surface area (Å²) in [5, 5.41) is 4.79. The first-order chi connectivity index (χ1) is 10.0. The third-order valence-electron chi connectivity index (χ3n) is 3.28. The summed E-state index contributed by atoms with van der Waals surface area (Å²) >= 11 is 0. The van der Waals surface area contributed by atoms with Gasteiger partial charge in [-0.1, -0.05) is 0 Å².